The number of hydrogen-bond donors (Lipinski definition) is 1. The number of ether oxygens (including phenoxy) is 1. The smallest absolute Gasteiger partial charge is 0.445 e. The van der Waals surface area contributed by atoms with Gasteiger partial charge in [0.05, 0.1) is 11.2 Å². The topological polar surface area (TPSA) is 70.8 Å². The van der Waals surface area contributed by atoms with E-state index in [0.29, 0.717) is 0 Å². The van der Waals surface area contributed by atoms with Crippen LogP contribution in [0.1, 0.15) is 33.3 Å². The van der Waals surface area contributed by atoms with Crippen molar-refractivity contribution in [2.45, 2.75) is 45.5 Å². The van der Waals surface area contributed by atoms with E-state index in [2.05, 4.69) is 4.74 Å². The molecule has 5 nitrogen and oxygen atoms in total. The molecule has 1 aromatic rings. The minimum Gasteiger partial charge on any atom is -0.445 e. The van der Waals surface area contributed by atoms with E-state index in [-0.39, 0.29) is 17.6 Å². The van der Waals surface area contributed by atoms with Crippen molar-refractivity contribution in [3.8, 4) is 0 Å². The summed E-state index contributed by atoms with van der Waals surface area (Å²) in [5.74, 6) is -0.516. The minimum absolute atomic E-state index is 0.223. The third-order valence-corrected chi connectivity index (χ3v) is 3.99. The van der Waals surface area contributed by atoms with Crippen LogP contribution in [0.4, 0.5) is 9.18 Å². The van der Waals surface area contributed by atoms with Gasteiger partial charge in [-0.05, 0) is 27.7 Å². The van der Waals surface area contributed by atoms with Gasteiger partial charge in [-0.15, -0.1) is 0 Å². The summed E-state index contributed by atoms with van der Waals surface area (Å²) in [6, 6.07) is 4.77. The van der Waals surface area contributed by atoms with Crippen molar-refractivity contribution in [2.24, 2.45) is 5.73 Å². The maximum Gasteiger partial charge on any atom is 0.497 e. The molecule has 1 saturated heterocycles. The van der Waals surface area contributed by atoms with E-state index in [0.717, 1.165) is 0 Å². The van der Waals surface area contributed by atoms with E-state index >= 15 is 0 Å². The normalized spacial score (nSPS) is 19.6. The van der Waals surface area contributed by atoms with Gasteiger partial charge < -0.3 is 19.8 Å². The average Bonchev–Trinajstić information content (AvgIpc) is 2.57. The van der Waals surface area contributed by atoms with E-state index in [1.54, 1.807) is 12.1 Å². The summed E-state index contributed by atoms with van der Waals surface area (Å²) in [5.41, 5.74) is 4.29. The van der Waals surface area contributed by atoms with Crippen LogP contribution >= 0.6 is 0 Å². The zero-order valence-corrected chi connectivity index (χ0v) is 12.6. The number of benzene rings is 1. The standard InChI is InChI=1S/C14H19BFNO4/c1-13(2)14(3,4)21-15(20-13)10-7-5-6-9(11(10)16)8-19-12(17)18/h5-7H,8H2,1-4H3,(H2,17,18). The Morgan fingerprint density at radius 2 is 1.86 bits per heavy atom. The van der Waals surface area contributed by atoms with E-state index in [1.807, 2.05) is 27.7 Å². The van der Waals surface area contributed by atoms with Gasteiger partial charge in [-0.2, -0.15) is 0 Å². The highest BCUT2D eigenvalue weighted by Crippen LogP contribution is 2.36. The minimum atomic E-state index is -0.949. The first-order valence-corrected chi connectivity index (χ1v) is 6.69. The number of carbonyl (C=O) groups is 1. The van der Waals surface area contributed by atoms with Gasteiger partial charge in [-0.3, -0.25) is 0 Å². The monoisotopic (exact) mass is 295 g/mol. The van der Waals surface area contributed by atoms with E-state index in [1.165, 1.54) is 6.07 Å². The Balaban J connectivity index is 2.26. The van der Waals surface area contributed by atoms with Crippen LogP contribution in [0, 0.1) is 5.82 Å². The quantitative estimate of drug-likeness (QED) is 0.862. The van der Waals surface area contributed by atoms with Gasteiger partial charge in [0.15, 0.2) is 0 Å². The largest absolute Gasteiger partial charge is 0.497 e. The summed E-state index contributed by atoms with van der Waals surface area (Å²) in [6.07, 6.45) is -0.949. The zero-order valence-electron chi connectivity index (χ0n) is 12.6. The van der Waals surface area contributed by atoms with Crippen LogP contribution in [0.15, 0.2) is 18.2 Å². The lowest BCUT2D eigenvalue weighted by Gasteiger charge is -2.32. The number of hydrogen-bond acceptors (Lipinski definition) is 4. The summed E-state index contributed by atoms with van der Waals surface area (Å²) in [7, 11) is -0.802. The molecule has 1 aliphatic heterocycles. The highest BCUT2D eigenvalue weighted by atomic mass is 19.1. The van der Waals surface area contributed by atoms with Crippen LogP contribution in [0.5, 0.6) is 0 Å². The van der Waals surface area contributed by atoms with Crippen molar-refractivity contribution in [1.82, 2.24) is 0 Å². The molecule has 2 rings (SSSR count). The average molecular weight is 295 g/mol. The fourth-order valence-electron chi connectivity index (χ4n) is 2.01. The van der Waals surface area contributed by atoms with Gasteiger partial charge >= 0.3 is 13.2 Å². The maximum absolute atomic E-state index is 14.5. The first kappa shape index (κ1) is 15.8. The Kier molecular flexibility index (Phi) is 3.99. The Hall–Kier alpha value is -1.60. The van der Waals surface area contributed by atoms with Gasteiger partial charge in [0.2, 0.25) is 0 Å². The first-order valence-electron chi connectivity index (χ1n) is 6.69. The second kappa shape index (κ2) is 5.31. The van der Waals surface area contributed by atoms with Gasteiger partial charge in [-0.25, -0.2) is 9.18 Å². The molecule has 0 saturated carbocycles. The lowest BCUT2D eigenvalue weighted by molar-refractivity contribution is 0.00578. The summed E-state index contributed by atoms with van der Waals surface area (Å²) >= 11 is 0. The summed E-state index contributed by atoms with van der Waals surface area (Å²) in [6.45, 7) is 7.35. The highest BCUT2D eigenvalue weighted by molar-refractivity contribution is 6.62. The van der Waals surface area contributed by atoms with Crippen LogP contribution in [0.2, 0.25) is 0 Å². The van der Waals surface area contributed by atoms with Gasteiger partial charge in [0.25, 0.3) is 0 Å². The molecule has 7 heteroatoms. The van der Waals surface area contributed by atoms with Crippen molar-refractivity contribution in [2.75, 3.05) is 0 Å². The Labute approximate surface area is 123 Å². The molecule has 21 heavy (non-hydrogen) atoms. The molecule has 1 heterocycles. The molecule has 0 radical (unpaired) electrons. The van der Waals surface area contributed by atoms with Crippen molar-refractivity contribution >= 4 is 18.7 Å². The second-order valence-electron chi connectivity index (χ2n) is 6.02. The van der Waals surface area contributed by atoms with E-state index < -0.39 is 30.2 Å². The maximum atomic E-state index is 14.5. The van der Waals surface area contributed by atoms with Gasteiger partial charge in [-0.1, -0.05) is 18.2 Å². The second-order valence-corrected chi connectivity index (χ2v) is 6.02. The van der Waals surface area contributed by atoms with E-state index in [4.69, 9.17) is 15.0 Å². The van der Waals surface area contributed by atoms with Crippen molar-refractivity contribution in [3.05, 3.63) is 29.6 Å². The lowest BCUT2D eigenvalue weighted by atomic mass is 9.78. The SMILES string of the molecule is CC1(C)OB(c2cccc(COC(N)=O)c2F)OC1(C)C. The van der Waals surface area contributed by atoms with Gasteiger partial charge in [0.1, 0.15) is 12.4 Å². The molecule has 0 atom stereocenters. The van der Waals surface area contributed by atoms with Crippen LogP contribution in [0.25, 0.3) is 0 Å². The fraction of sp³-hybridized carbons (Fsp3) is 0.500. The molecule has 1 aromatic carbocycles. The molecule has 1 fully saturated rings. The predicted octanol–water partition coefficient (Wildman–Crippen LogP) is 1.72. The van der Waals surface area contributed by atoms with Crippen molar-refractivity contribution in [1.29, 1.82) is 0 Å². The third kappa shape index (κ3) is 3.03. The summed E-state index contributed by atoms with van der Waals surface area (Å²) in [4.78, 5) is 10.6. The van der Waals surface area contributed by atoms with Crippen LogP contribution in [-0.2, 0) is 20.7 Å². The molecule has 0 spiro atoms. The number of rotatable bonds is 3. The summed E-state index contributed by atoms with van der Waals surface area (Å²) < 4.78 is 30.7. The molecule has 0 aromatic heterocycles. The molecular formula is C14H19BFNO4. The Morgan fingerprint density at radius 1 is 1.29 bits per heavy atom. The van der Waals surface area contributed by atoms with Crippen LogP contribution in [-0.4, -0.2) is 24.4 Å². The molecule has 0 aliphatic carbocycles. The highest BCUT2D eigenvalue weighted by Gasteiger charge is 2.52. The number of amides is 1. The molecule has 1 amide bonds. The Morgan fingerprint density at radius 3 is 2.38 bits per heavy atom. The van der Waals surface area contributed by atoms with Gasteiger partial charge in [0, 0.05) is 11.0 Å². The predicted molar refractivity (Wildman–Crippen MR) is 76.5 cm³/mol. The fourth-order valence-corrected chi connectivity index (χ4v) is 2.01. The number of halogens is 1. The molecule has 114 valence electrons. The first-order chi connectivity index (χ1) is 9.64. The van der Waals surface area contributed by atoms with Crippen LogP contribution < -0.4 is 11.2 Å². The molecule has 2 N–H and O–H groups in total. The molecule has 1 aliphatic rings. The summed E-state index contributed by atoms with van der Waals surface area (Å²) in [5, 5.41) is 0. The van der Waals surface area contributed by atoms with Crippen molar-refractivity contribution in [3.63, 3.8) is 0 Å². The number of carbonyl (C=O) groups excluding carboxylic acids is 1. The molecule has 0 unspecified atom stereocenters. The van der Waals surface area contributed by atoms with E-state index in [9.17, 15) is 9.18 Å². The Bertz CT molecular complexity index is 546. The van der Waals surface area contributed by atoms with Crippen molar-refractivity contribution < 1.29 is 23.2 Å². The molecular weight excluding hydrogens is 276 g/mol. The third-order valence-electron chi connectivity index (χ3n) is 3.99. The van der Waals surface area contributed by atoms with Crippen LogP contribution in [0.3, 0.4) is 0 Å². The zero-order chi connectivity index (χ0) is 15.8. The number of primary amides is 1. The number of nitrogens with two attached hydrogens (primary N) is 1. The molecule has 0 bridgehead atoms. The lowest BCUT2D eigenvalue weighted by Crippen LogP contribution is -2.41.